The smallest absolute Gasteiger partial charge is 0.220 e. The van der Waals surface area contributed by atoms with Crippen LogP contribution in [0.1, 0.15) is 33.6 Å². The van der Waals surface area contributed by atoms with Crippen molar-refractivity contribution in [2.75, 3.05) is 6.61 Å². The second-order valence-corrected chi connectivity index (χ2v) is 6.62. The van der Waals surface area contributed by atoms with Crippen LogP contribution in [0.15, 0.2) is 0 Å². The normalized spacial score (nSPS) is 31.5. The molecule has 0 bridgehead atoms. The Labute approximate surface area is 134 Å². The van der Waals surface area contributed by atoms with Gasteiger partial charge in [-0.05, 0) is 20.8 Å². The lowest BCUT2D eigenvalue weighted by molar-refractivity contribution is -0.253. The van der Waals surface area contributed by atoms with E-state index in [1.165, 1.54) is 0 Å². The molecule has 0 aromatic rings. The molecule has 1 heterocycles. The summed E-state index contributed by atoms with van der Waals surface area (Å²) in [6.07, 6.45) is -5.84. The summed E-state index contributed by atoms with van der Waals surface area (Å²) in [6.45, 7) is 4.87. The van der Waals surface area contributed by atoms with E-state index < -0.39 is 48.7 Å². The highest BCUT2D eigenvalue weighted by Gasteiger charge is 2.44. The average molecular weight is 334 g/mol. The number of carbonyl (C=O) groups is 2. The number of hydrogen-bond donors (Lipinski definition) is 6. The third-order valence-electron chi connectivity index (χ3n) is 3.32. The Morgan fingerprint density at radius 3 is 2.13 bits per heavy atom. The molecule has 0 aliphatic carbocycles. The topological polar surface area (TPSA) is 148 Å². The van der Waals surface area contributed by atoms with Crippen LogP contribution in [0.4, 0.5) is 0 Å². The molecule has 134 valence electrons. The van der Waals surface area contributed by atoms with Crippen molar-refractivity contribution in [2.45, 2.75) is 69.8 Å². The second kappa shape index (κ2) is 8.02. The van der Waals surface area contributed by atoms with E-state index in [2.05, 4.69) is 10.6 Å². The lowest BCUT2D eigenvalue weighted by Gasteiger charge is -2.40. The summed E-state index contributed by atoms with van der Waals surface area (Å²) in [5, 5.41) is 43.4. The van der Waals surface area contributed by atoms with Gasteiger partial charge in [0, 0.05) is 18.4 Å². The van der Waals surface area contributed by atoms with Crippen molar-refractivity contribution in [1.29, 1.82) is 0 Å². The Kier molecular flexibility index (Phi) is 6.90. The van der Waals surface area contributed by atoms with E-state index in [-0.39, 0.29) is 18.7 Å². The molecule has 0 radical (unpaired) electrons. The first-order valence-corrected chi connectivity index (χ1v) is 7.46. The van der Waals surface area contributed by atoms with Gasteiger partial charge in [0.25, 0.3) is 0 Å². The summed E-state index contributed by atoms with van der Waals surface area (Å²) in [6, 6.07) is -1.24. The molecule has 23 heavy (non-hydrogen) atoms. The van der Waals surface area contributed by atoms with E-state index >= 15 is 0 Å². The highest BCUT2D eigenvalue weighted by molar-refractivity contribution is 5.84. The number of aliphatic hydroxyl groups excluding tert-OH is 4. The maximum atomic E-state index is 11.8. The van der Waals surface area contributed by atoms with Gasteiger partial charge in [0.15, 0.2) is 6.29 Å². The second-order valence-electron chi connectivity index (χ2n) is 6.62. The van der Waals surface area contributed by atoms with Gasteiger partial charge in [-0.15, -0.1) is 0 Å². The molecule has 0 spiro atoms. The quantitative estimate of drug-likeness (QED) is 0.328. The fourth-order valence-corrected chi connectivity index (χ4v) is 2.22. The van der Waals surface area contributed by atoms with E-state index in [1.807, 2.05) is 20.8 Å². The maximum Gasteiger partial charge on any atom is 0.220 e. The molecule has 1 saturated heterocycles. The monoisotopic (exact) mass is 334 g/mol. The highest BCUT2D eigenvalue weighted by Crippen LogP contribution is 2.19. The molecule has 1 fully saturated rings. The summed E-state index contributed by atoms with van der Waals surface area (Å²) in [5.41, 5.74) is -0.402. The first kappa shape index (κ1) is 19.8. The van der Waals surface area contributed by atoms with E-state index in [9.17, 15) is 24.9 Å². The Morgan fingerprint density at radius 1 is 1.04 bits per heavy atom. The number of aliphatic hydroxyl groups is 4. The number of ether oxygens (including phenoxy) is 1. The summed E-state index contributed by atoms with van der Waals surface area (Å²) >= 11 is 0. The van der Waals surface area contributed by atoms with Crippen LogP contribution in [0.25, 0.3) is 0 Å². The standard InChI is InChI=1S/C14H26N2O7/c1-14(2,3)16-9(19)5-4-8(18)15-10-12(21)11(20)7(6-17)23-13(10)22/h7,10-13,17,20-22H,4-6H2,1-3H3,(H,15,18)(H,16,19)/t7?,10?,11-,12-,13-/m1/s1. The minimum atomic E-state index is -1.57. The van der Waals surface area contributed by atoms with Crippen molar-refractivity contribution >= 4 is 11.8 Å². The van der Waals surface area contributed by atoms with Gasteiger partial charge in [-0.3, -0.25) is 9.59 Å². The van der Waals surface area contributed by atoms with Gasteiger partial charge in [0.1, 0.15) is 24.4 Å². The van der Waals surface area contributed by atoms with Crippen LogP contribution in [-0.4, -0.2) is 75.0 Å². The summed E-state index contributed by atoms with van der Waals surface area (Å²) in [4.78, 5) is 23.5. The summed E-state index contributed by atoms with van der Waals surface area (Å²) < 4.78 is 4.92. The summed E-state index contributed by atoms with van der Waals surface area (Å²) in [7, 11) is 0. The van der Waals surface area contributed by atoms with Gasteiger partial charge < -0.3 is 35.8 Å². The van der Waals surface area contributed by atoms with E-state index in [0.717, 1.165) is 0 Å². The van der Waals surface area contributed by atoms with Crippen molar-refractivity contribution in [3.05, 3.63) is 0 Å². The van der Waals surface area contributed by atoms with Crippen LogP contribution in [0, 0.1) is 0 Å². The number of amides is 2. The molecule has 1 aliphatic rings. The zero-order valence-electron chi connectivity index (χ0n) is 13.5. The van der Waals surface area contributed by atoms with Crippen LogP contribution in [0.2, 0.25) is 0 Å². The van der Waals surface area contributed by atoms with Crippen molar-refractivity contribution in [1.82, 2.24) is 10.6 Å². The number of rotatable bonds is 5. The Hall–Kier alpha value is -1.26. The van der Waals surface area contributed by atoms with E-state index in [4.69, 9.17) is 9.84 Å². The van der Waals surface area contributed by atoms with Crippen molar-refractivity contribution in [3.63, 3.8) is 0 Å². The van der Waals surface area contributed by atoms with Gasteiger partial charge in [-0.2, -0.15) is 0 Å². The molecule has 0 aromatic heterocycles. The van der Waals surface area contributed by atoms with Gasteiger partial charge in [0.05, 0.1) is 6.61 Å². The molecule has 6 N–H and O–H groups in total. The van der Waals surface area contributed by atoms with Crippen molar-refractivity contribution in [3.8, 4) is 0 Å². The Balaban J connectivity index is 2.49. The van der Waals surface area contributed by atoms with Gasteiger partial charge >= 0.3 is 0 Å². The average Bonchev–Trinajstić information content (AvgIpc) is 2.43. The third kappa shape index (κ3) is 6.04. The molecule has 0 aromatic carbocycles. The molecule has 2 amide bonds. The fourth-order valence-electron chi connectivity index (χ4n) is 2.22. The number of nitrogens with one attached hydrogen (secondary N) is 2. The van der Waals surface area contributed by atoms with E-state index in [0.29, 0.717) is 0 Å². The first-order valence-electron chi connectivity index (χ1n) is 7.46. The SMILES string of the molecule is CC(C)(C)NC(=O)CCC(=O)NC1[C@H](O)OC(CO)[C@@H](O)[C@@H]1O. The minimum absolute atomic E-state index is 0.0509. The Morgan fingerprint density at radius 2 is 1.61 bits per heavy atom. The fraction of sp³-hybridized carbons (Fsp3) is 0.857. The molecular formula is C14H26N2O7. The summed E-state index contributed by atoms with van der Waals surface area (Å²) in [5.74, 6) is -0.871. The van der Waals surface area contributed by atoms with Crippen LogP contribution in [0.3, 0.4) is 0 Å². The molecule has 1 aliphatic heterocycles. The predicted molar refractivity (Wildman–Crippen MR) is 79.0 cm³/mol. The molecule has 2 unspecified atom stereocenters. The molecule has 5 atom stereocenters. The zero-order valence-corrected chi connectivity index (χ0v) is 13.5. The molecule has 9 nitrogen and oxygen atoms in total. The van der Waals surface area contributed by atoms with E-state index in [1.54, 1.807) is 0 Å². The van der Waals surface area contributed by atoms with Crippen LogP contribution < -0.4 is 10.6 Å². The predicted octanol–water partition coefficient (Wildman–Crippen LogP) is -2.40. The van der Waals surface area contributed by atoms with Crippen LogP contribution in [0.5, 0.6) is 0 Å². The first-order chi connectivity index (χ1) is 10.5. The molecular weight excluding hydrogens is 308 g/mol. The minimum Gasteiger partial charge on any atom is -0.394 e. The number of carbonyl (C=O) groups excluding carboxylic acids is 2. The number of hydrogen-bond acceptors (Lipinski definition) is 7. The zero-order chi connectivity index (χ0) is 17.8. The van der Waals surface area contributed by atoms with Crippen molar-refractivity contribution in [2.24, 2.45) is 0 Å². The van der Waals surface area contributed by atoms with Gasteiger partial charge in [-0.25, -0.2) is 0 Å². The van der Waals surface area contributed by atoms with Gasteiger partial charge in [0.2, 0.25) is 11.8 Å². The Bertz CT molecular complexity index is 424. The molecule has 1 rings (SSSR count). The third-order valence-corrected chi connectivity index (χ3v) is 3.32. The van der Waals surface area contributed by atoms with Crippen LogP contribution >= 0.6 is 0 Å². The molecule has 0 saturated carbocycles. The lowest BCUT2D eigenvalue weighted by Crippen LogP contribution is -2.64. The molecule has 9 heteroatoms. The van der Waals surface area contributed by atoms with Crippen LogP contribution in [-0.2, 0) is 14.3 Å². The lowest BCUT2D eigenvalue weighted by atomic mass is 9.97. The van der Waals surface area contributed by atoms with Gasteiger partial charge in [-0.1, -0.05) is 0 Å². The largest absolute Gasteiger partial charge is 0.394 e. The van der Waals surface area contributed by atoms with Crippen molar-refractivity contribution < 1.29 is 34.8 Å². The highest BCUT2D eigenvalue weighted by atomic mass is 16.6. The maximum absolute atomic E-state index is 11.8.